The minimum absolute atomic E-state index is 0.0300. The molecule has 0 aliphatic carbocycles. The van der Waals surface area contributed by atoms with Crippen molar-refractivity contribution in [2.45, 2.75) is 46.0 Å². The van der Waals surface area contributed by atoms with E-state index in [9.17, 15) is 69.5 Å². The molecule has 101 heavy (non-hydrogen) atoms. The SMILES string of the molecule is Cc1c(NC(=O)c2cccc(OCCNC(=O)CC(=O)NCCOc3cccc(C(=O)Nc4c(C)c(C(=O)c5ccc(NC(=O)C(F)(F)F)c(C(=O)OCc6ccccc6)c5)n5ccccc45)c3)c2)c2ccccn2c1C(=O)c1ccc(/N=C\OC(F)(F)F)c(C(=O)OCc2ccccc2)c1. The number of benzene rings is 6. The largest absolute Gasteiger partial charge is 0.573 e. The summed E-state index contributed by atoms with van der Waals surface area (Å²) in [6.07, 6.45) is -7.65. The Kier molecular flexibility index (Phi) is 22.1. The van der Waals surface area contributed by atoms with Crippen molar-refractivity contribution in [2.24, 2.45) is 4.99 Å². The highest BCUT2D eigenvalue weighted by Gasteiger charge is 2.40. The zero-order valence-electron chi connectivity index (χ0n) is 53.3. The number of carbonyl (C=O) groups excluding carboxylic acids is 9. The average Bonchev–Trinajstić information content (AvgIpc) is 1.63. The van der Waals surface area contributed by atoms with Crippen LogP contribution in [0.3, 0.4) is 0 Å². The summed E-state index contributed by atoms with van der Waals surface area (Å²) in [6.45, 7) is 2.48. The molecule has 0 radical (unpaired) electrons. The van der Waals surface area contributed by atoms with Gasteiger partial charge in [-0.05, 0) is 122 Å². The van der Waals surface area contributed by atoms with Crippen molar-refractivity contribution < 1.29 is 93.2 Å². The van der Waals surface area contributed by atoms with Gasteiger partial charge < -0.3 is 59.1 Å². The first-order chi connectivity index (χ1) is 48.4. The summed E-state index contributed by atoms with van der Waals surface area (Å²) >= 11 is 0. The maximum atomic E-state index is 14.4. The molecule has 6 aromatic carbocycles. The molecule has 10 rings (SSSR count). The number of esters is 2. The number of aliphatic imine (C=N–C) groups is 1. The van der Waals surface area contributed by atoms with Crippen molar-refractivity contribution in [1.82, 2.24) is 19.4 Å². The first kappa shape index (κ1) is 70.9. The Morgan fingerprint density at radius 1 is 0.485 bits per heavy atom. The molecule has 0 spiro atoms. The number of carbonyl (C=O) groups is 9. The van der Waals surface area contributed by atoms with Gasteiger partial charge >= 0.3 is 30.4 Å². The van der Waals surface area contributed by atoms with Crippen LogP contribution in [0, 0.1) is 13.8 Å². The lowest BCUT2D eigenvalue weighted by molar-refractivity contribution is -0.280. The normalized spacial score (nSPS) is 11.4. The number of anilines is 3. The first-order valence-corrected chi connectivity index (χ1v) is 30.7. The van der Waals surface area contributed by atoms with Gasteiger partial charge in [-0.25, -0.2) is 14.6 Å². The fourth-order valence-corrected chi connectivity index (χ4v) is 10.5. The number of nitrogens with zero attached hydrogens (tertiary/aromatic N) is 3. The number of rotatable bonds is 27. The predicted molar refractivity (Wildman–Crippen MR) is 356 cm³/mol. The molecule has 516 valence electrons. The molecule has 0 aliphatic heterocycles. The highest BCUT2D eigenvalue weighted by molar-refractivity contribution is 6.17. The molecule has 0 unspecified atom stereocenters. The van der Waals surface area contributed by atoms with E-state index < -0.39 is 83.3 Å². The Bertz CT molecular complexity index is 4860. The summed E-state index contributed by atoms with van der Waals surface area (Å²) in [5.74, 6) is -7.75. The van der Waals surface area contributed by atoms with Crippen molar-refractivity contribution in [3.05, 3.63) is 261 Å². The van der Waals surface area contributed by atoms with Crippen LogP contribution in [0.2, 0.25) is 0 Å². The maximum absolute atomic E-state index is 14.4. The number of ketones is 2. The quantitative estimate of drug-likeness (QED) is 0.00609. The molecule has 22 nitrogen and oxygen atoms in total. The number of amides is 5. The molecule has 4 heterocycles. The van der Waals surface area contributed by atoms with E-state index in [1.54, 1.807) is 153 Å². The number of hydrogen-bond donors (Lipinski definition) is 5. The fourth-order valence-electron chi connectivity index (χ4n) is 10.5. The summed E-state index contributed by atoms with van der Waals surface area (Å²) in [6, 6.07) is 45.9. The Morgan fingerprint density at radius 3 is 1.42 bits per heavy atom. The summed E-state index contributed by atoms with van der Waals surface area (Å²) in [5, 5.41) is 12.6. The standard InChI is InChI=1S/C73H58F6N8O14/c1-43-61(57-23-9-11-31-86(57)63(43)65(90)47-25-27-55(82-42-101-73(77,78)79)53(37-47)69(94)99-40-45-15-5-3-6-16-45)84-67(92)49-19-13-21-51(35-49)97-33-29-80-59(88)39-60(89)81-30-34-98-52-22-14-20-50(36-52)68(93)85-62-44(2)64(87-32-12-10-24-58(62)87)66(91)48-26-28-56(83-71(96)72(74,75)76)54(38-48)70(95)100-41-46-17-7-4-8-18-46/h3-28,31-32,35-38,42H,29-30,33-34,39-41H2,1-2H3,(H,80,88)(H,81,89)(H,83,96)(H,84,92)(H,85,93)/b82-42-. The van der Waals surface area contributed by atoms with Gasteiger partial charge in [0, 0.05) is 45.8 Å². The van der Waals surface area contributed by atoms with E-state index in [2.05, 4.69) is 31.0 Å². The number of halogens is 6. The molecule has 5 N–H and O–H groups in total. The van der Waals surface area contributed by atoms with E-state index in [0.29, 0.717) is 27.7 Å². The number of ether oxygens (including phenoxy) is 5. The van der Waals surface area contributed by atoms with Gasteiger partial charge in [-0.2, -0.15) is 13.2 Å². The van der Waals surface area contributed by atoms with Gasteiger partial charge in [-0.1, -0.05) is 84.9 Å². The number of alkyl halides is 6. The molecular formula is C73H58F6N8O14. The van der Waals surface area contributed by atoms with Crippen LogP contribution in [-0.2, 0) is 41.8 Å². The van der Waals surface area contributed by atoms with Crippen LogP contribution < -0.4 is 36.1 Å². The molecule has 28 heteroatoms. The zero-order chi connectivity index (χ0) is 72.0. The number of fused-ring (bicyclic) bond motifs is 2. The van der Waals surface area contributed by atoms with Crippen LogP contribution in [-0.4, -0.2) is 107 Å². The van der Waals surface area contributed by atoms with Gasteiger partial charge in [0.15, 0.2) is 6.40 Å². The van der Waals surface area contributed by atoms with Crippen molar-refractivity contribution >= 4 is 93.2 Å². The van der Waals surface area contributed by atoms with Crippen molar-refractivity contribution in [1.29, 1.82) is 0 Å². The number of pyridine rings is 2. The van der Waals surface area contributed by atoms with Gasteiger partial charge in [0.25, 0.3) is 11.8 Å². The van der Waals surface area contributed by atoms with E-state index >= 15 is 0 Å². The van der Waals surface area contributed by atoms with Crippen LogP contribution in [0.15, 0.2) is 199 Å². The van der Waals surface area contributed by atoms with E-state index in [4.69, 9.17) is 18.9 Å². The minimum Gasteiger partial charge on any atom is -0.492 e. The van der Waals surface area contributed by atoms with Crippen molar-refractivity contribution in [3.8, 4) is 11.5 Å². The topological polar surface area (TPSA) is 281 Å². The van der Waals surface area contributed by atoms with Crippen LogP contribution in [0.1, 0.15) is 102 Å². The Labute approximate surface area is 569 Å². The lowest BCUT2D eigenvalue weighted by atomic mass is 10.0. The molecular weight excluding hydrogens is 1330 g/mol. The number of hydrogen-bond acceptors (Lipinski definition) is 15. The minimum atomic E-state index is -5.30. The second-order valence-electron chi connectivity index (χ2n) is 22.2. The molecule has 0 bridgehead atoms. The molecule has 0 saturated heterocycles. The molecule has 0 aliphatic rings. The average molecular weight is 1390 g/mol. The van der Waals surface area contributed by atoms with E-state index in [-0.39, 0.29) is 119 Å². The highest BCUT2D eigenvalue weighted by Crippen LogP contribution is 2.35. The van der Waals surface area contributed by atoms with E-state index in [1.807, 2.05) is 0 Å². The molecule has 4 aromatic heterocycles. The maximum Gasteiger partial charge on any atom is 0.573 e. The Balaban J connectivity index is 0.697. The van der Waals surface area contributed by atoms with Gasteiger partial charge in [-0.3, -0.25) is 33.6 Å². The summed E-state index contributed by atoms with van der Waals surface area (Å²) in [7, 11) is 0. The van der Waals surface area contributed by atoms with Crippen LogP contribution in [0.25, 0.3) is 11.0 Å². The summed E-state index contributed by atoms with van der Waals surface area (Å²) in [5.41, 5.74) is 1.59. The molecule has 0 atom stereocenters. The Morgan fingerprint density at radius 2 is 0.941 bits per heavy atom. The van der Waals surface area contributed by atoms with Gasteiger partial charge in [0.2, 0.25) is 23.4 Å². The van der Waals surface area contributed by atoms with Crippen LogP contribution in [0.5, 0.6) is 11.5 Å². The van der Waals surface area contributed by atoms with Crippen LogP contribution >= 0.6 is 0 Å². The van der Waals surface area contributed by atoms with E-state index in [1.165, 1.54) is 45.2 Å². The van der Waals surface area contributed by atoms with Crippen molar-refractivity contribution in [3.63, 3.8) is 0 Å². The highest BCUT2D eigenvalue weighted by atomic mass is 19.4. The second kappa shape index (κ2) is 31.5. The summed E-state index contributed by atoms with van der Waals surface area (Å²) < 4.78 is 108. The third-order valence-electron chi connectivity index (χ3n) is 15.3. The van der Waals surface area contributed by atoms with E-state index in [0.717, 1.165) is 24.3 Å². The Hall–Kier alpha value is -12.9. The third kappa shape index (κ3) is 17.8. The first-order valence-electron chi connectivity index (χ1n) is 30.7. The monoisotopic (exact) mass is 1380 g/mol. The van der Waals surface area contributed by atoms with Crippen LogP contribution in [0.4, 0.5) is 49.1 Å². The second-order valence-corrected chi connectivity index (χ2v) is 22.2. The lowest BCUT2D eigenvalue weighted by Gasteiger charge is -2.14. The van der Waals surface area contributed by atoms with Crippen molar-refractivity contribution in [2.75, 3.05) is 42.3 Å². The fraction of sp³-hybridized carbons (Fsp3) is 0.151. The van der Waals surface area contributed by atoms with Gasteiger partial charge in [0.1, 0.15) is 44.3 Å². The number of aromatic nitrogens is 2. The molecule has 0 fully saturated rings. The smallest absolute Gasteiger partial charge is 0.492 e. The van der Waals surface area contributed by atoms with Gasteiger partial charge in [0.05, 0.1) is 69.4 Å². The summed E-state index contributed by atoms with van der Waals surface area (Å²) in [4.78, 5) is 125. The number of nitrogens with one attached hydrogen (secondary N) is 5. The zero-order valence-corrected chi connectivity index (χ0v) is 53.3. The third-order valence-corrected chi connectivity index (χ3v) is 15.3. The predicted octanol–water partition coefficient (Wildman–Crippen LogP) is 12.3. The molecule has 10 aromatic rings. The molecule has 0 saturated carbocycles. The van der Waals surface area contributed by atoms with Gasteiger partial charge in [-0.15, -0.1) is 13.2 Å². The molecule has 5 amide bonds. The lowest BCUT2D eigenvalue weighted by Crippen LogP contribution is -2.35.